The second-order valence-corrected chi connectivity index (χ2v) is 8.48. The van der Waals surface area contributed by atoms with Crippen LogP contribution >= 0.6 is 0 Å². The maximum atomic E-state index is 11.7. The Balaban J connectivity index is 2.08. The number of primary sulfonamides is 2. The van der Waals surface area contributed by atoms with E-state index < -0.39 is 25.8 Å². The fourth-order valence-electron chi connectivity index (χ4n) is 2.34. The first-order valence-electron chi connectivity index (χ1n) is 7.05. The average molecular weight is 395 g/mol. The zero-order valence-electron chi connectivity index (χ0n) is 13.0. The van der Waals surface area contributed by atoms with Crippen LogP contribution in [0.4, 0.5) is 0 Å². The number of benzene rings is 2. The van der Waals surface area contributed by atoms with Gasteiger partial charge in [-0.3, -0.25) is 4.98 Å². The summed E-state index contributed by atoms with van der Waals surface area (Å²) in [6, 6.07) is 11.0. The first-order chi connectivity index (χ1) is 12.1. The highest BCUT2D eigenvalue weighted by Crippen LogP contribution is 2.30. The van der Waals surface area contributed by atoms with Crippen molar-refractivity contribution in [2.75, 3.05) is 0 Å². The second-order valence-electron chi connectivity index (χ2n) is 5.36. The average Bonchev–Trinajstić information content (AvgIpc) is 2.95. The monoisotopic (exact) mass is 395 g/mol. The molecule has 0 aliphatic rings. The number of nitrogens with one attached hydrogen (secondary N) is 1. The molecular formula is C15H13N3O6S2. The zero-order valence-corrected chi connectivity index (χ0v) is 14.7. The van der Waals surface area contributed by atoms with E-state index in [0.29, 0.717) is 16.8 Å². The van der Waals surface area contributed by atoms with Gasteiger partial charge in [0.2, 0.25) is 20.0 Å². The summed E-state index contributed by atoms with van der Waals surface area (Å²) in [6.07, 6.45) is 0. The van der Waals surface area contributed by atoms with Crippen LogP contribution in [-0.2, 0) is 20.0 Å². The molecule has 0 radical (unpaired) electrons. The van der Waals surface area contributed by atoms with Crippen LogP contribution in [0, 0.1) is 0 Å². The fraction of sp³-hybridized carbons (Fsp3) is 0. The molecule has 3 aromatic rings. The molecule has 0 atom stereocenters. The van der Waals surface area contributed by atoms with Gasteiger partial charge in [-0.25, -0.2) is 31.9 Å². The van der Waals surface area contributed by atoms with Crippen molar-refractivity contribution in [3.8, 4) is 22.6 Å². The van der Waals surface area contributed by atoms with Crippen molar-refractivity contribution >= 4 is 20.0 Å². The summed E-state index contributed by atoms with van der Waals surface area (Å²) in [5, 5.41) is 10.1. The maximum Gasteiger partial charge on any atom is 0.417 e. The minimum absolute atomic E-state index is 0.0776. The van der Waals surface area contributed by atoms with E-state index in [-0.39, 0.29) is 15.6 Å². The topological polar surface area (TPSA) is 166 Å². The van der Waals surface area contributed by atoms with Gasteiger partial charge in [0, 0.05) is 11.1 Å². The SMILES string of the molecule is NS(=O)(=O)c1ccc(-c2[nH]c(=O)oc2-c2ccc(S(N)(=O)=O)cc2)cc1. The van der Waals surface area contributed by atoms with Crippen molar-refractivity contribution < 1.29 is 21.3 Å². The van der Waals surface area contributed by atoms with Crippen molar-refractivity contribution in [3.63, 3.8) is 0 Å². The lowest BCUT2D eigenvalue weighted by Crippen LogP contribution is -2.11. The van der Waals surface area contributed by atoms with E-state index in [1.54, 1.807) is 0 Å². The summed E-state index contributed by atoms with van der Waals surface area (Å²) in [5.74, 6) is -0.555. The summed E-state index contributed by atoms with van der Waals surface area (Å²) in [4.78, 5) is 14.0. The quantitative estimate of drug-likeness (QED) is 0.584. The largest absolute Gasteiger partial charge is 0.417 e. The molecule has 26 heavy (non-hydrogen) atoms. The molecule has 0 amide bonds. The van der Waals surface area contributed by atoms with Gasteiger partial charge < -0.3 is 4.42 Å². The lowest BCUT2D eigenvalue weighted by Gasteiger charge is -2.04. The van der Waals surface area contributed by atoms with Crippen molar-refractivity contribution in [1.29, 1.82) is 0 Å². The molecule has 0 fully saturated rings. The Morgan fingerprint density at radius 3 is 1.58 bits per heavy atom. The Morgan fingerprint density at radius 1 is 0.731 bits per heavy atom. The Labute approximate surface area is 148 Å². The minimum Gasteiger partial charge on any atom is -0.407 e. The molecule has 136 valence electrons. The Morgan fingerprint density at radius 2 is 1.15 bits per heavy atom. The predicted molar refractivity (Wildman–Crippen MR) is 92.9 cm³/mol. The van der Waals surface area contributed by atoms with E-state index in [1.807, 2.05) is 0 Å². The van der Waals surface area contributed by atoms with Crippen molar-refractivity contribution in [2.24, 2.45) is 10.3 Å². The number of hydrogen-bond acceptors (Lipinski definition) is 6. The standard InChI is InChI=1S/C15H13N3O6S2/c16-25(20,21)11-5-1-9(2-6-11)13-14(24-15(19)18-13)10-3-7-12(8-4-10)26(17,22)23/h1-8H,(H,18,19)(H2,16,20,21)(H2,17,22,23). The van der Waals surface area contributed by atoms with Gasteiger partial charge in [0.05, 0.1) is 15.5 Å². The fourth-order valence-corrected chi connectivity index (χ4v) is 3.37. The van der Waals surface area contributed by atoms with Gasteiger partial charge in [-0.1, -0.05) is 12.1 Å². The number of nitrogens with two attached hydrogens (primary N) is 2. The van der Waals surface area contributed by atoms with Gasteiger partial charge >= 0.3 is 5.76 Å². The molecule has 0 bridgehead atoms. The summed E-state index contributed by atoms with van der Waals surface area (Å²) >= 11 is 0. The van der Waals surface area contributed by atoms with Crippen LogP contribution in [0.3, 0.4) is 0 Å². The highest BCUT2D eigenvalue weighted by Gasteiger charge is 2.16. The van der Waals surface area contributed by atoms with Crippen molar-refractivity contribution in [2.45, 2.75) is 9.79 Å². The van der Waals surface area contributed by atoms with Gasteiger partial charge in [-0.2, -0.15) is 0 Å². The van der Waals surface area contributed by atoms with Crippen LogP contribution in [0.15, 0.2) is 67.5 Å². The Kier molecular flexibility index (Phi) is 4.32. The molecule has 5 N–H and O–H groups in total. The summed E-state index contributed by atoms with van der Waals surface area (Å²) in [5.41, 5.74) is 1.22. The first kappa shape index (κ1) is 18.1. The van der Waals surface area contributed by atoms with Crippen LogP contribution in [0.2, 0.25) is 0 Å². The predicted octanol–water partition coefficient (Wildman–Crippen LogP) is 0.597. The van der Waals surface area contributed by atoms with Gasteiger partial charge in [-0.05, 0) is 36.4 Å². The van der Waals surface area contributed by atoms with E-state index in [9.17, 15) is 21.6 Å². The number of aromatic nitrogens is 1. The normalized spacial score (nSPS) is 12.2. The number of oxazole rings is 1. The van der Waals surface area contributed by atoms with Gasteiger partial charge in [0.25, 0.3) is 0 Å². The van der Waals surface area contributed by atoms with Crippen LogP contribution < -0.4 is 16.0 Å². The van der Waals surface area contributed by atoms with E-state index in [2.05, 4.69) is 4.98 Å². The molecule has 1 heterocycles. The Hall–Kier alpha value is -2.73. The third kappa shape index (κ3) is 3.60. The molecular weight excluding hydrogens is 382 g/mol. The molecule has 0 unspecified atom stereocenters. The molecule has 0 spiro atoms. The highest BCUT2D eigenvalue weighted by molar-refractivity contribution is 7.89. The van der Waals surface area contributed by atoms with Crippen LogP contribution in [0.5, 0.6) is 0 Å². The second kappa shape index (κ2) is 6.21. The lowest BCUT2D eigenvalue weighted by molar-refractivity contribution is 0.528. The molecule has 0 aliphatic heterocycles. The van der Waals surface area contributed by atoms with Gasteiger partial charge in [0.15, 0.2) is 5.76 Å². The molecule has 1 aromatic heterocycles. The van der Waals surface area contributed by atoms with E-state index in [0.717, 1.165) is 0 Å². The first-order valence-corrected chi connectivity index (χ1v) is 10.1. The number of sulfonamides is 2. The number of rotatable bonds is 4. The zero-order chi connectivity index (χ0) is 19.1. The van der Waals surface area contributed by atoms with Crippen LogP contribution in [-0.4, -0.2) is 21.8 Å². The highest BCUT2D eigenvalue weighted by atomic mass is 32.2. The Bertz CT molecular complexity index is 1130. The van der Waals surface area contributed by atoms with E-state index in [1.165, 1.54) is 48.5 Å². The number of hydrogen-bond donors (Lipinski definition) is 3. The summed E-state index contributed by atoms with van der Waals surface area (Å²) < 4.78 is 50.4. The summed E-state index contributed by atoms with van der Waals surface area (Å²) in [6.45, 7) is 0. The van der Waals surface area contributed by atoms with Gasteiger partial charge in [-0.15, -0.1) is 0 Å². The molecule has 2 aromatic carbocycles. The molecule has 3 rings (SSSR count). The van der Waals surface area contributed by atoms with Crippen molar-refractivity contribution in [1.82, 2.24) is 4.98 Å². The molecule has 9 nitrogen and oxygen atoms in total. The minimum atomic E-state index is -3.85. The summed E-state index contributed by atoms with van der Waals surface area (Å²) in [7, 11) is -7.69. The van der Waals surface area contributed by atoms with Gasteiger partial charge in [0.1, 0.15) is 0 Å². The number of aromatic amines is 1. The smallest absolute Gasteiger partial charge is 0.407 e. The van der Waals surface area contributed by atoms with Crippen LogP contribution in [0.1, 0.15) is 0 Å². The molecule has 11 heteroatoms. The lowest BCUT2D eigenvalue weighted by atomic mass is 10.1. The maximum absolute atomic E-state index is 11.7. The number of H-pyrrole nitrogens is 1. The van der Waals surface area contributed by atoms with E-state index >= 15 is 0 Å². The van der Waals surface area contributed by atoms with Crippen LogP contribution in [0.25, 0.3) is 22.6 Å². The third-order valence-electron chi connectivity index (χ3n) is 3.57. The van der Waals surface area contributed by atoms with E-state index in [4.69, 9.17) is 14.7 Å². The van der Waals surface area contributed by atoms with Crippen molar-refractivity contribution in [3.05, 3.63) is 59.1 Å². The molecule has 0 saturated heterocycles. The molecule has 0 saturated carbocycles. The third-order valence-corrected chi connectivity index (χ3v) is 5.42. The molecule has 0 aliphatic carbocycles.